The first kappa shape index (κ1) is 33.2. The standard InChI is InChI=1S/C34H46N6O6S/c1-47(43,44)23-5-22-45-30-8-4-7-29-27(30)16-21-40(29)31-13-18-36-34(38-31)37-25-11-9-24(10-12-25)32(41)39-19-14-26(15-20-39)46-33(42)28-6-2-3-17-35-28/h4,7-8,13,16,18,21,24-26,28,35H,2-3,5-6,9-12,14-15,17,19-20,22-23H2,1H3,(H,36,37,38)/t24?,25?,28-/m0/s1. The summed E-state index contributed by atoms with van der Waals surface area (Å²) in [6.45, 7) is 2.46. The maximum Gasteiger partial charge on any atom is 0.323 e. The SMILES string of the molecule is CS(=O)(=O)CCCOc1cccc2c1ccn2-c1ccnc(NC2CCC(C(=O)N3CCC(OC(=O)[C@@H]4CCCCN4)CC3)CC2)n1. The second kappa shape index (κ2) is 15.0. The lowest BCUT2D eigenvalue weighted by Crippen LogP contribution is -2.47. The van der Waals surface area contributed by atoms with E-state index in [0.29, 0.717) is 50.7 Å². The number of piperidine rings is 2. The van der Waals surface area contributed by atoms with Gasteiger partial charge in [-0.15, -0.1) is 0 Å². The van der Waals surface area contributed by atoms with E-state index in [-0.39, 0.29) is 41.7 Å². The minimum atomic E-state index is -3.02. The van der Waals surface area contributed by atoms with E-state index in [1.165, 1.54) is 6.26 Å². The van der Waals surface area contributed by atoms with E-state index in [1.807, 2.05) is 46.0 Å². The molecule has 1 aliphatic carbocycles. The quantitative estimate of drug-likeness (QED) is 0.229. The van der Waals surface area contributed by atoms with Crippen molar-refractivity contribution in [2.45, 2.75) is 82.4 Å². The molecule has 0 bridgehead atoms. The van der Waals surface area contributed by atoms with Gasteiger partial charge >= 0.3 is 5.97 Å². The van der Waals surface area contributed by atoms with Crippen LogP contribution < -0.4 is 15.4 Å². The number of nitrogens with one attached hydrogen (secondary N) is 2. The van der Waals surface area contributed by atoms with Crippen LogP contribution in [0.3, 0.4) is 0 Å². The molecule has 254 valence electrons. The Kier molecular flexibility index (Phi) is 10.6. The van der Waals surface area contributed by atoms with Gasteiger partial charge in [0.1, 0.15) is 33.6 Å². The topological polar surface area (TPSA) is 145 Å². The van der Waals surface area contributed by atoms with Gasteiger partial charge in [-0.25, -0.2) is 13.4 Å². The van der Waals surface area contributed by atoms with Gasteiger partial charge in [-0.2, -0.15) is 4.98 Å². The molecule has 1 saturated carbocycles. The Balaban J connectivity index is 0.977. The third-order valence-electron chi connectivity index (χ3n) is 9.54. The number of amides is 1. The molecular formula is C34H46N6O6S. The van der Waals surface area contributed by atoms with Crippen molar-refractivity contribution in [3.05, 3.63) is 42.7 Å². The van der Waals surface area contributed by atoms with Gasteiger partial charge in [-0.3, -0.25) is 9.59 Å². The largest absolute Gasteiger partial charge is 0.493 e. The van der Waals surface area contributed by atoms with Crippen LogP contribution in [-0.4, -0.2) is 96.2 Å². The number of hydrogen-bond donors (Lipinski definition) is 2. The predicted octanol–water partition coefficient (Wildman–Crippen LogP) is 3.88. The molecule has 2 N–H and O–H groups in total. The minimum absolute atomic E-state index is 0.0138. The average molecular weight is 667 g/mol. The van der Waals surface area contributed by atoms with Crippen LogP contribution >= 0.6 is 0 Å². The van der Waals surface area contributed by atoms with E-state index in [4.69, 9.17) is 14.5 Å². The molecular weight excluding hydrogens is 620 g/mol. The second-order valence-corrected chi connectivity index (χ2v) is 15.4. The van der Waals surface area contributed by atoms with Gasteiger partial charge < -0.3 is 29.6 Å². The van der Waals surface area contributed by atoms with Crippen molar-refractivity contribution in [3.8, 4) is 11.6 Å². The molecule has 47 heavy (non-hydrogen) atoms. The van der Waals surface area contributed by atoms with E-state index >= 15 is 0 Å². The zero-order valence-corrected chi connectivity index (χ0v) is 27.9. The van der Waals surface area contributed by atoms with Crippen LogP contribution in [0.4, 0.5) is 5.95 Å². The normalized spacial score (nSPS) is 22.6. The maximum absolute atomic E-state index is 13.3. The van der Waals surface area contributed by atoms with E-state index in [1.54, 1.807) is 6.20 Å². The van der Waals surface area contributed by atoms with Crippen molar-refractivity contribution in [1.29, 1.82) is 0 Å². The summed E-state index contributed by atoms with van der Waals surface area (Å²) in [5, 5.41) is 7.67. The number of aromatic nitrogens is 3. The van der Waals surface area contributed by atoms with Gasteiger partial charge in [0.25, 0.3) is 0 Å². The molecule has 2 aromatic heterocycles. The predicted molar refractivity (Wildman–Crippen MR) is 179 cm³/mol. The van der Waals surface area contributed by atoms with Gasteiger partial charge in [0.2, 0.25) is 11.9 Å². The van der Waals surface area contributed by atoms with Crippen LogP contribution in [0.2, 0.25) is 0 Å². The van der Waals surface area contributed by atoms with E-state index in [0.717, 1.165) is 68.2 Å². The molecule has 0 unspecified atom stereocenters. The highest BCUT2D eigenvalue weighted by Crippen LogP contribution is 2.31. The van der Waals surface area contributed by atoms with Crippen molar-refractivity contribution >= 4 is 38.6 Å². The highest BCUT2D eigenvalue weighted by molar-refractivity contribution is 7.90. The summed E-state index contributed by atoms with van der Waals surface area (Å²) in [4.78, 5) is 37.1. The fraction of sp³-hybridized carbons (Fsp3) is 0.588. The van der Waals surface area contributed by atoms with Crippen molar-refractivity contribution in [3.63, 3.8) is 0 Å². The molecule has 12 nitrogen and oxygen atoms in total. The molecule has 3 aliphatic rings. The van der Waals surface area contributed by atoms with Crippen LogP contribution in [0.15, 0.2) is 42.7 Å². The average Bonchev–Trinajstić information content (AvgIpc) is 3.52. The van der Waals surface area contributed by atoms with E-state index < -0.39 is 9.84 Å². The first-order valence-electron chi connectivity index (χ1n) is 17.0. The van der Waals surface area contributed by atoms with E-state index in [9.17, 15) is 18.0 Å². The monoisotopic (exact) mass is 666 g/mol. The maximum atomic E-state index is 13.3. The van der Waals surface area contributed by atoms with Crippen LogP contribution in [0, 0.1) is 5.92 Å². The highest BCUT2D eigenvalue weighted by Gasteiger charge is 2.33. The number of anilines is 1. The highest BCUT2D eigenvalue weighted by atomic mass is 32.2. The number of carbonyl (C=O) groups is 2. The number of carbonyl (C=O) groups excluding carboxylic acids is 2. The van der Waals surface area contributed by atoms with Crippen LogP contribution in [0.1, 0.15) is 64.2 Å². The molecule has 6 rings (SSSR count). The Morgan fingerprint density at radius 2 is 1.83 bits per heavy atom. The Morgan fingerprint density at radius 3 is 2.57 bits per heavy atom. The van der Waals surface area contributed by atoms with Gasteiger partial charge in [0.05, 0.1) is 17.9 Å². The molecule has 1 atom stereocenters. The Morgan fingerprint density at radius 1 is 1.02 bits per heavy atom. The lowest BCUT2D eigenvalue weighted by molar-refractivity contribution is -0.155. The summed E-state index contributed by atoms with van der Waals surface area (Å²) in [6.07, 6.45) is 13.0. The van der Waals surface area contributed by atoms with Crippen molar-refractivity contribution in [2.75, 3.05) is 43.6 Å². The summed E-state index contributed by atoms with van der Waals surface area (Å²) in [7, 11) is -3.02. The third kappa shape index (κ3) is 8.61. The molecule has 2 saturated heterocycles. The van der Waals surface area contributed by atoms with E-state index in [2.05, 4.69) is 15.6 Å². The molecule has 13 heteroatoms. The number of ether oxygens (including phenoxy) is 2. The van der Waals surface area contributed by atoms with Crippen molar-refractivity contribution in [2.24, 2.45) is 5.92 Å². The van der Waals surface area contributed by atoms with Gasteiger partial charge in [0.15, 0.2) is 0 Å². The zero-order chi connectivity index (χ0) is 32.8. The lowest BCUT2D eigenvalue weighted by atomic mass is 9.85. The molecule has 4 heterocycles. The minimum Gasteiger partial charge on any atom is -0.493 e. The lowest BCUT2D eigenvalue weighted by Gasteiger charge is -2.36. The first-order valence-corrected chi connectivity index (χ1v) is 19.0. The molecule has 1 aromatic carbocycles. The molecule has 1 amide bonds. The van der Waals surface area contributed by atoms with Crippen molar-refractivity contribution < 1.29 is 27.5 Å². The molecule has 2 aliphatic heterocycles. The third-order valence-corrected chi connectivity index (χ3v) is 10.6. The second-order valence-electron chi connectivity index (χ2n) is 13.1. The number of esters is 1. The fourth-order valence-electron chi connectivity index (χ4n) is 6.94. The first-order chi connectivity index (χ1) is 22.7. The smallest absolute Gasteiger partial charge is 0.323 e. The number of rotatable bonds is 11. The number of likely N-dealkylation sites (tertiary alicyclic amines) is 1. The number of hydrogen-bond acceptors (Lipinski definition) is 10. The van der Waals surface area contributed by atoms with Gasteiger partial charge in [-0.1, -0.05) is 12.5 Å². The van der Waals surface area contributed by atoms with Crippen LogP contribution in [0.5, 0.6) is 5.75 Å². The summed E-state index contributed by atoms with van der Waals surface area (Å²) in [5.41, 5.74) is 0.928. The molecule has 0 spiro atoms. The molecule has 3 aromatic rings. The summed E-state index contributed by atoms with van der Waals surface area (Å²) < 4.78 is 36.6. The van der Waals surface area contributed by atoms with Crippen LogP contribution in [0.25, 0.3) is 16.7 Å². The number of sulfone groups is 1. The number of benzene rings is 1. The number of nitrogens with zero attached hydrogens (tertiary/aromatic N) is 4. The Hall–Kier alpha value is -3.71. The summed E-state index contributed by atoms with van der Waals surface area (Å²) in [5.74, 6) is 2.16. The Bertz CT molecular complexity index is 1640. The zero-order valence-electron chi connectivity index (χ0n) is 27.1. The summed E-state index contributed by atoms with van der Waals surface area (Å²) >= 11 is 0. The fourth-order valence-corrected chi connectivity index (χ4v) is 7.58. The number of fused-ring (bicyclic) bond motifs is 1. The molecule has 0 radical (unpaired) electrons. The summed E-state index contributed by atoms with van der Waals surface area (Å²) in [6, 6.07) is 9.62. The Labute approximate surface area is 276 Å². The van der Waals surface area contributed by atoms with Crippen molar-refractivity contribution in [1.82, 2.24) is 24.8 Å². The van der Waals surface area contributed by atoms with Gasteiger partial charge in [-0.05, 0) is 75.8 Å². The van der Waals surface area contributed by atoms with Crippen LogP contribution in [-0.2, 0) is 24.2 Å². The molecule has 3 fully saturated rings. The van der Waals surface area contributed by atoms with Gasteiger partial charge in [0, 0.05) is 61.9 Å².